The van der Waals surface area contributed by atoms with Crippen molar-refractivity contribution >= 4 is 11.0 Å². The fourth-order valence-corrected chi connectivity index (χ4v) is 2.26. The Kier molecular flexibility index (Phi) is 2.81. The van der Waals surface area contributed by atoms with E-state index in [0.717, 1.165) is 37.9 Å². The molecule has 0 atom stereocenters. The molecule has 0 aliphatic heterocycles. The van der Waals surface area contributed by atoms with Crippen molar-refractivity contribution in [2.45, 2.75) is 19.3 Å². The zero-order chi connectivity index (χ0) is 12.4. The SMILES string of the molecule is N#CC1(CNCCc2coc3ccccc23)CC1. The van der Waals surface area contributed by atoms with Gasteiger partial charge in [-0.25, -0.2) is 0 Å². The lowest BCUT2D eigenvalue weighted by atomic mass is 10.1. The van der Waals surface area contributed by atoms with Crippen LogP contribution in [0.5, 0.6) is 0 Å². The van der Waals surface area contributed by atoms with Crippen molar-refractivity contribution in [1.29, 1.82) is 5.26 Å². The van der Waals surface area contributed by atoms with Crippen molar-refractivity contribution in [1.82, 2.24) is 5.32 Å². The van der Waals surface area contributed by atoms with Gasteiger partial charge in [-0.2, -0.15) is 5.26 Å². The lowest BCUT2D eigenvalue weighted by Gasteiger charge is -2.07. The van der Waals surface area contributed by atoms with Crippen LogP contribution in [0.4, 0.5) is 0 Å². The molecule has 1 aliphatic carbocycles. The van der Waals surface area contributed by atoms with E-state index < -0.39 is 0 Å². The number of nitrogens with zero attached hydrogens (tertiary/aromatic N) is 1. The molecular weight excluding hydrogens is 224 g/mol. The molecule has 1 aromatic carbocycles. The Labute approximate surface area is 106 Å². The Morgan fingerprint density at radius 3 is 2.94 bits per heavy atom. The summed E-state index contributed by atoms with van der Waals surface area (Å²) in [4.78, 5) is 0. The number of benzene rings is 1. The second kappa shape index (κ2) is 4.47. The minimum absolute atomic E-state index is 0.0571. The summed E-state index contributed by atoms with van der Waals surface area (Å²) in [6.45, 7) is 1.71. The summed E-state index contributed by atoms with van der Waals surface area (Å²) in [5, 5.41) is 13.5. The first-order valence-corrected chi connectivity index (χ1v) is 6.40. The van der Waals surface area contributed by atoms with Crippen LogP contribution in [0, 0.1) is 16.7 Å². The van der Waals surface area contributed by atoms with Crippen LogP contribution in [-0.4, -0.2) is 13.1 Å². The fraction of sp³-hybridized carbons (Fsp3) is 0.400. The van der Waals surface area contributed by atoms with Gasteiger partial charge in [0.15, 0.2) is 0 Å². The van der Waals surface area contributed by atoms with Gasteiger partial charge in [-0.3, -0.25) is 0 Å². The van der Waals surface area contributed by atoms with Crippen LogP contribution in [0.1, 0.15) is 18.4 Å². The van der Waals surface area contributed by atoms with Gasteiger partial charge in [0.1, 0.15) is 5.58 Å². The lowest BCUT2D eigenvalue weighted by Crippen LogP contribution is -2.25. The van der Waals surface area contributed by atoms with Crippen molar-refractivity contribution in [3.63, 3.8) is 0 Å². The molecule has 0 saturated heterocycles. The zero-order valence-electron chi connectivity index (χ0n) is 10.3. The van der Waals surface area contributed by atoms with Crippen molar-refractivity contribution in [2.24, 2.45) is 5.41 Å². The molecule has 0 radical (unpaired) electrons. The Hall–Kier alpha value is -1.79. The van der Waals surface area contributed by atoms with Crippen LogP contribution < -0.4 is 5.32 Å². The summed E-state index contributed by atoms with van der Waals surface area (Å²) >= 11 is 0. The van der Waals surface area contributed by atoms with Crippen LogP contribution in [0.3, 0.4) is 0 Å². The average Bonchev–Trinajstić information content (AvgIpc) is 3.09. The van der Waals surface area contributed by atoms with E-state index in [0.29, 0.717) is 0 Å². The number of para-hydroxylation sites is 1. The Balaban J connectivity index is 1.56. The highest BCUT2D eigenvalue weighted by Gasteiger charge is 2.42. The van der Waals surface area contributed by atoms with E-state index in [2.05, 4.69) is 17.5 Å². The van der Waals surface area contributed by atoms with Crippen molar-refractivity contribution < 1.29 is 4.42 Å². The number of nitrogens with one attached hydrogen (secondary N) is 1. The van der Waals surface area contributed by atoms with Crippen LogP contribution in [0.2, 0.25) is 0 Å². The minimum atomic E-state index is -0.0571. The van der Waals surface area contributed by atoms with Crippen molar-refractivity contribution in [2.75, 3.05) is 13.1 Å². The molecule has 1 N–H and O–H groups in total. The summed E-state index contributed by atoms with van der Waals surface area (Å²) in [6, 6.07) is 10.5. The monoisotopic (exact) mass is 240 g/mol. The highest BCUT2D eigenvalue weighted by atomic mass is 16.3. The summed E-state index contributed by atoms with van der Waals surface area (Å²) in [5.74, 6) is 0. The summed E-state index contributed by atoms with van der Waals surface area (Å²) in [7, 11) is 0. The molecule has 0 unspecified atom stereocenters. The second-order valence-electron chi connectivity index (χ2n) is 5.08. The molecule has 92 valence electrons. The van der Waals surface area contributed by atoms with Crippen LogP contribution in [0.15, 0.2) is 34.9 Å². The molecule has 1 aromatic heterocycles. The van der Waals surface area contributed by atoms with Crippen molar-refractivity contribution in [3.8, 4) is 6.07 Å². The van der Waals surface area contributed by atoms with E-state index in [4.69, 9.17) is 9.68 Å². The molecule has 1 heterocycles. The predicted octanol–water partition coefficient (Wildman–Crippen LogP) is 2.87. The molecular formula is C15H16N2O. The second-order valence-corrected chi connectivity index (χ2v) is 5.08. The molecule has 1 aliphatic rings. The number of furan rings is 1. The maximum Gasteiger partial charge on any atom is 0.134 e. The Morgan fingerprint density at radius 1 is 1.33 bits per heavy atom. The first kappa shape index (κ1) is 11.3. The van der Waals surface area contributed by atoms with Gasteiger partial charge in [-0.15, -0.1) is 0 Å². The maximum absolute atomic E-state index is 8.98. The molecule has 1 saturated carbocycles. The third-order valence-electron chi connectivity index (χ3n) is 3.69. The molecule has 0 amide bonds. The number of hydrogen-bond donors (Lipinski definition) is 1. The van der Waals surface area contributed by atoms with E-state index in [1.54, 1.807) is 0 Å². The molecule has 18 heavy (non-hydrogen) atoms. The van der Waals surface area contributed by atoms with Gasteiger partial charge in [0.2, 0.25) is 0 Å². The summed E-state index contributed by atoms with van der Waals surface area (Å²) in [5.41, 5.74) is 2.13. The molecule has 3 heteroatoms. The molecule has 0 spiro atoms. The predicted molar refractivity (Wildman–Crippen MR) is 70.1 cm³/mol. The Morgan fingerprint density at radius 2 is 2.17 bits per heavy atom. The van der Waals surface area contributed by atoms with Gasteiger partial charge in [-0.1, -0.05) is 18.2 Å². The van der Waals surface area contributed by atoms with E-state index in [1.165, 1.54) is 10.9 Å². The van der Waals surface area contributed by atoms with Gasteiger partial charge in [0.25, 0.3) is 0 Å². The first-order valence-electron chi connectivity index (χ1n) is 6.40. The van der Waals surface area contributed by atoms with Crippen LogP contribution >= 0.6 is 0 Å². The third kappa shape index (κ3) is 2.12. The number of nitriles is 1. The number of hydrogen-bond acceptors (Lipinski definition) is 3. The maximum atomic E-state index is 8.98. The number of fused-ring (bicyclic) bond motifs is 1. The normalized spacial score (nSPS) is 16.6. The zero-order valence-corrected chi connectivity index (χ0v) is 10.3. The van der Waals surface area contributed by atoms with Gasteiger partial charge in [-0.05, 0) is 37.4 Å². The quantitative estimate of drug-likeness (QED) is 0.817. The van der Waals surface area contributed by atoms with E-state index >= 15 is 0 Å². The highest BCUT2D eigenvalue weighted by Crippen LogP contribution is 2.43. The van der Waals surface area contributed by atoms with Gasteiger partial charge in [0, 0.05) is 11.9 Å². The van der Waals surface area contributed by atoms with Gasteiger partial charge >= 0.3 is 0 Å². The van der Waals surface area contributed by atoms with Gasteiger partial charge in [0.05, 0.1) is 17.7 Å². The van der Waals surface area contributed by atoms with Crippen molar-refractivity contribution in [3.05, 3.63) is 36.1 Å². The third-order valence-corrected chi connectivity index (χ3v) is 3.69. The molecule has 3 rings (SSSR count). The molecule has 3 nitrogen and oxygen atoms in total. The van der Waals surface area contributed by atoms with Crippen LogP contribution in [-0.2, 0) is 6.42 Å². The van der Waals surface area contributed by atoms with Crippen LogP contribution in [0.25, 0.3) is 11.0 Å². The fourth-order valence-electron chi connectivity index (χ4n) is 2.26. The van der Waals surface area contributed by atoms with Gasteiger partial charge < -0.3 is 9.73 Å². The molecule has 2 aromatic rings. The Bertz CT molecular complexity index is 590. The van der Waals surface area contributed by atoms with E-state index in [1.807, 2.05) is 24.5 Å². The lowest BCUT2D eigenvalue weighted by molar-refractivity contribution is 0.557. The van der Waals surface area contributed by atoms with E-state index in [-0.39, 0.29) is 5.41 Å². The van der Waals surface area contributed by atoms with E-state index in [9.17, 15) is 0 Å². The standard InChI is InChI=1S/C15H16N2O/c16-10-15(6-7-15)11-17-8-5-12-9-18-14-4-2-1-3-13(12)14/h1-4,9,17H,5-8,11H2. The smallest absolute Gasteiger partial charge is 0.134 e. The topological polar surface area (TPSA) is 49.0 Å². The summed E-state index contributed by atoms with van der Waals surface area (Å²) in [6.07, 6.45) is 4.87. The minimum Gasteiger partial charge on any atom is -0.464 e. The average molecular weight is 240 g/mol. The molecule has 0 bridgehead atoms. The molecule has 1 fully saturated rings. The highest BCUT2D eigenvalue weighted by molar-refractivity contribution is 5.80. The summed E-state index contributed by atoms with van der Waals surface area (Å²) < 4.78 is 5.50. The number of rotatable bonds is 5. The first-order chi connectivity index (χ1) is 8.83. The largest absolute Gasteiger partial charge is 0.464 e.